The Morgan fingerprint density at radius 2 is 1.61 bits per heavy atom. The standard InChI is InChI=1S/C25H25N5O3/c1-5-32-21-10-6-19(7-11-21)25(31)26-20-8-12-22(13-9-20)33-24-15-14-23(27-28-24)30-18(4)16(2)17(3)29-30/h6-15H,5H2,1-4H3,(H,26,31). The largest absolute Gasteiger partial charge is 0.494 e. The number of nitrogens with zero attached hydrogens (tertiary/aromatic N) is 4. The second-order valence-electron chi connectivity index (χ2n) is 7.48. The summed E-state index contributed by atoms with van der Waals surface area (Å²) in [6.07, 6.45) is 0. The quantitative estimate of drug-likeness (QED) is 0.431. The van der Waals surface area contributed by atoms with Crippen LogP contribution in [0.1, 0.15) is 34.2 Å². The number of rotatable bonds is 7. The molecule has 1 amide bonds. The first-order chi connectivity index (χ1) is 15.9. The Labute approximate surface area is 192 Å². The summed E-state index contributed by atoms with van der Waals surface area (Å²) in [6, 6.07) is 17.6. The summed E-state index contributed by atoms with van der Waals surface area (Å²) in [7, 11) is 0. The van der Waals surface area contributed by atoms with Crippen molar-refractivity contribution in [1.82, 2.24) is 20.0 Å². The first-order valence-electron chi connectivity index (χ1n) is 10.6. The van der Waals surface area contributed by atoms with E-state index >= 15 is 0 Å². The maximum Gasteiger partial charge on any atom is 0.255 e. The van der Waals surface area contributed by atoms with E-state index in [1.54, 1.807) is 59.3 Å². The molecule has 0 fully saturated rings. The normalized spacial score (nSPS) is 10.7. The second-order valence-corrected chi connectivity index (χ2v) is 7.48. The number of carbonyl (C=O) groups is 1. The van der Waals surface area contributed by atoms with E-state index in [0.29, 0.717) is 35.3 Å². The minimum Gasteiger partial charge on any atom is -0.494 e. The highest BCUT2D eigenvalue weighted by Gasteiger charge is 2.11. The molecule has 4 rings (SSSR count). The molecule has 2 aromatic heterocycles. The zero-order valence-electron chi connectivity index (χ0n) is 19.0. The average molecular weight is 444 g/mol. The molecule has 33 heavy (non-hydrogen) atoms. The second kappa shape index (κ2) is 9.52. The van der Waals surface area contributed by atoms with Crippen LogP contribution < -0.4 is 14.8 Å². The van der Waals surface area contributed by atoms with Crippen molar-refractivity contribution in [3.8, 4) is 23.2 Å². The third kappa shape index (κ3) is 5.01. The third-order valence-corrected chi connectivity index (χ3v) is 5.26. The van der Waals surface area contributed by atoms with E-state index < -0.39 is 0 Å². The van der Waals surface area contributed by atoms with Crippen LogP contribution in [-0.2, 0) is 0 Å². The Morgan fingerprint density at radius 3 is 2.18 bits per heavy atom. The molecule has 168 valence electrons. The van der Waals surface area contributed by atoms with Crippen LogP contribution in [-0.4, -0.2) is 32.5 Å². The number of ether oxygens (including phenoxy) is 2. The Hall–Kier alpha value is -4.20. The van der Waals surface area contributed by atoms with Crippen LogP contribution in [0.3, 0.4) is 0 Å². The Morgan fingerprint density at radius 1 is 0.909 bits per heavy atom. The topological polar surface area (TPSA) is 91.2 Å². The number of carbonyl (C=O) groups excluding carboxylic acids is 1. The van der Waals surface area contributed by atoms with Gasteiger partial charge in [0.2, 0.25) is 5.88 Å². The molecule has 0 aliphatic rings. The van der Waals surface area contributed by atoms with Gasteiger partial charge < -0.3 is 14.8 Å². The smallest absolute Gasteiger partial charge is 0.255 e. The van der Waals surface area contributed by atoms with Crippen LogP contribution in [0.25, 0.3) is 5.82 Å². The zero-order chi connectivity index (χ0) is 23.4. The number of amides is 1. The van der Waals surface area contributed by atoms with Gasteiger partial charge in [-0.05, 0) is 87.9 Å². The van der Waals surface area contributed by atoms with Crippen molar-refractivity contribution in [1.29, 1.82) is 0 Å². The van der Waals surface area contributed by atoms with Crippen LogP contribution in [0.5, 0.6) is 17.4 Å². The molecule has 0 bridgehead atoms. The fourth-order valence-electron chi connectivity index (χ4n) is 3.22. The van der Waals surface area contributed by atoms with Gasteiger partial charge in [0, 0.05) is 23.0 Å². The lowest BCUT2D eigenvalue weighted by atomic mass is 10.2. The van der Waals surface area contributed by atoms with Gasteiger partial charge in [-0.1, -0.05) is 0 Å². The minimum atomic E-state index is -0.201. The molecule has 0 radical (unpaired) electrons. The minimum absolute atomic E-state index is 0.201. The Kier molecular flexibility index (Phi) is 6.35. The van der Waals surface area contributed by atoms with E-state index in [0.717, 1.165) is 22.7 Å². The van der Waals surface area contributed by atoms with Crippen molar-refractivity contribution in [3.63, 3.8) is 0 Å². The average Bonchev–Trinajstić information content (AvgIpc) is 3.09. The molecule has 2 heterocycles. The molecular weight excluding hydrogens is 418 g/mol. The van der Waals surface area contributed by atoms with Crippen molar-refractivity contribution in [3.05, 3.63) is 83.2 Å². The van der Waals surface area contributed by atoms with Crippen molar-refractivity contribution in [2.75, 3.05) is 11.9 Å². The molecule has 0 saturated carbocycles. The van der Waals surface area contributed by atoms with Crippen LogP contribution in [0.2, 0.25) is 0 Å². The van der Waals surface area contributed by atoms with Gasteiger partial charge in [-0.3, -0.25) is 4.79 Å². The zero-order valence-corrected chi connectivity index (χ0v) is 19.0. The number of nitrogens with one attached hydrogen (secondary N) is 1. The maximum atomic E-state index is 12.4. The third-order valence-electron chi connectivity index (χ3n) is 5.26. The molecule has 0 aliphatic heterocycles. The van der Waals surface area contributed by atoms with E-state index in [1.807, 2.05) is 33.8 Å². The highest BCUT2D eigenvalue weighted by molar-refractivity contribution is 6.04. The van der Waals surface area contributed by atoms with Gasteiger partial charge in [0.15, 0.2) is 5.82 Å². The number of anilines is 1. The predicted molar refractivity (Wildman–Crippen MR) is 125 cm³/mol. The van der Waals surface area contributed by atoms with Gasteiger partial charge in [0.1, 0.15) is 11.5 Å². The molecule has 0 spiro atoms. The fourth-order valence-corrected chi connectivity index (χ4v) is 3.22. The van der Waals surface area contributed by atoms with Crippen molar-refractivity contribution in [2.45, 2.75) is 27.7 Å². The monoisotopic (exact) mass is 443 g/mol. The summed E-state index contributed by atoms with van der Waals surface area (Å²) < 4.78 is 12.9. The fraction of sp³-hybridized carbons (Fsp3) is 0.200. The van der Waals surface area contributed by atoms with Gasteiger partial charge in [0.05, 0.1) is 12.3 Å². The van der Waals surface area contributed by atoms with E-state index in [9.17, 15) is 4.79 Å². The van der Waals surface area contributed by atoms with E-state index in [4.69, 9.17) is 9.47 Å². The first-order valence-corrected chi connectivity index (χ1v) is 10.6. The number of hydrogen-bond donors (Lipinski definition) is 1. The predicted octanol–water partition coefficient (Wildman–Crippen LogP) is 5.03. The van der Waals surface area contributed by atoms with Gasteiger partial charge in [0.25, 0.3) is 5.91 Å². The lowest BCUT2D eigenvalue weighted by Gasteiger charge is -2.09. The molecule has 8 nitrogen and oxygen atoms in total. The summed E-state index contributed by atoms with van der Waals surface area (Å²) in [5.41, 5.74) is 4.32. The molecule has 8 heteroatoms. The van der Waals surface area contributed by atoms with Crippen LogP contribution in [0.15, 0.2) is 60.7 Å². The van der Waals surface area contributed by atoms with Gasteiger partial charge in [-0.2, -0.15) is 5.10 Å². The van der Waals surface area contributed by atoms with Crippen LogP contribution in [0, 0.1) is 20.8 Å². The molecule has 0 aliphatic carbocycles. The van der Waals surface area contributed by atoms with Crippen LogP contribution >= 0.6 is 0 Å². The molecule has 0 saturated heterocycles. The highest BCUT2D eigenvalue weighted by atomic mass is 16.5. The lowest BCUT2D eigenvalue weighted by molar-refractivity contribution is 0.102. The molecule has 1 N–H and O–H groups in total. The van der Waals surface area contributed by atoms with E-state index in [1.165, 1.54) is 0 Å². The van der Waals surface area contributed by atoms with Crippen molar-refractivity contribution < 1.29 is 14.3 Å². The Balaban J connectivity index is 1.38. The summed E-state index contributed by atoms with van der Waals surface area (Å²) in [5, 5.41) is 15.7. The molecule has 0 atom stereocenters. The highest BCUT2D eigenvalue weighted by Crippen LogP contribution is 2.23. The number of aromatic nitrogens is 4. The van der Waals surface area contributed by atoms with Gasteiger partial charge >= 0.3 is 0 Å². The summed E-state index contributed by atoms with van der Waals surface area (Å²) >= 11 is 0. The first kappa shape index (κ1) is 22.0. The number of aryl methyl sites for hydroxylation is 1. The van der Waals surface area contributed by atoms with E-state index in [2.05, 4.69) is 20.6 Å². The number of hydrogen-bond acceptors (Lipinski definition) is 6. The Bertz CT molecular complexity index is 1250. The summed E-state index contributed by atoms with van der Waals surface area (Å²) in [5.74, 6) is 2.11. The lowest BCUT2D eigenvalue weighted by Crippen LogP contribution is -2.11. The van der Waals surface area contributed by atoms with Gasteiger partial charge in [-0.25, -0.2) is 4.68 Å². The van der Waals surface area contributed by atoms with E-state index in [-0.39, 0.29) is 5.91 Å². The summed E-state index contributed by atoms with van der Waals surface area (Å²) in [6.45, 7) is 8.49. The van der Waals surface area contributed by atoms with Crippen molar-refractivity contribution in [2.24, 2.45) is 0 Å². The maximum absolute atomic E-state index is 12.4. The molecule has 4 aromatic rings. The molecule has 0 unspecified atom stereocenters. The molecular formula is C25H25N5O3. The SMILES string of the molecule is CCOc1ccc(C(=O)Nc2ccc(Oc3ccc(-n4nc(C)c(C)c4C)nn3)cc2)cc1. The van der Waals surface area contributed by atoms with Crippen molar-refractivity contribution >= 4 is 11.6 Å². The van der Waals surface area contributed by atoms with Crippen LogP contribution in [0.4, 0.5) is 5.69 Å². The molecule has 2 aromatic carbocycles. The summed E-state index contributed by atoms with van der Waals surface area (Å²) in [4.78, 5) is 12.4. The number of benzene rings is 2. The van der Waals surface area contributed by atoms with Gasteiger partial charge in [-0.15, -0.1) is 10.2 Å².